The summed E-state index contributed by atoms with van der Waals surface area (Å²) in [6, 6.07) is 24.1. The summed E-state index contributed by atoms with van der Waals surface area (Å²) in [5.74, 6) is -0.683. The molecule has 0 atom stereocenters. The van der Waals surface area contributed by atoms with Crippen LogP contribution in [0, 0.1) is 27.7 Å². The number of esters is 2. The minimum atomic E-state index is -3.22. The van der Waals surface area contributed by atoms with Crippen molar-refractivity contribution in [2.45, 2.75) is 27.7 Å². The van der Waals surface area contributed by atoms with Crippen molar-refractivity contribution in [3.63, 3.8) is 0 Å². The molecule has 0 fully saturated rings. The molecule has 0 bridgehead atoms. The maximum Gasteiger partial charge on any atom is 0.339 e. The molecule has 0 aliphatic heterocycles. The van der Waals surface area contributed by atoms with Crippen molar-refractivity contribution in [2.75, 3.05) is 14.2 Å². The van der Waals surface area contributed by atoms with Gasteiger partial charge in [-0.25, -0.2) is 9.59 Å². The van der Waals surface area contributed by atoms with E-state index in [1.165, 1.54) is 38.5 Å². The van der Waals surface area contributed by atoms with Gasteiger partial charge in [0.25, 0.3) is 11.8 Å². The van der Waals surface area contributed by atoms with Gasteiger partial charge in [-0.3, -0.25) is 25.0 Å². The van der Waals surface area contributed by atoms with Gasteiger partial charge in [0.1, 0.15) is 11.2 Å². The van der Waals surface area contributed by atoms with Gasteiger partial charge in [0, 0.05) is 21.9 Å². The van der Waals surface area contributed by atoms with E-state index >= 15 is 0 Å². The quantitative estimate of drug-likeness (QED) is 0.0914. The Morgan fingerprint density at radius 2 is 1.00 bits per heavy atom. The highest BCUT2D eigenvalue weighted by atomic mass is 36.0. The third kappa shape index (κ3) is 10.7. The van der Waals surface area contributed by atoms with E-state index in [1.807, 2.05) is 52.0 Å². The number of nitrogens with one attached hydrogen (secondary N) is 2. The molecular formula is C40H34Cl3N4O10P. The van der Waals surface area contributed by atoms with Crippen molar-refractivity contribution in [1.82, 2.24) is 21.0 Å². The molecule has 4 aromatic carbocycles. The SMILES string of the molecule is COC(=O)c1ccc(-c2nnc(-c3cc4c(C)ccc(C)c4o3)o2)cc1.COC(=O)c1ccc(C(=O)NNC(=O)c2cc3c(C)ccc(C)c3o2)cc1.O=P(Cl)(Cl)Cl. The smallest absolute Gasteiger partial charge is 0.339 e. The first kappa shape index (κ1) is 43.2. The Balaban J connectivity index is 0.000000198. The largest absolute Gasteiger partial charge is 0.465 e. The van der Waals surface area contributed by atoms with Crippen LogP contribution in [0.4, 0.5) is 0 Å². The molecule has 58 heavy (non-hydrogen) atoms. The van der Waals surface area contributed by atoms with Crippen molar-refractivity contribution in [1.29, 1.82) is 0 Å². The molecule has 0 spiro atoms. The zero-order valence-electron chi connectivity index (χ0n) is 31.6. The summed E-state index contributed by atoms with van der Waals surface area (Å²) in [5, 5.41) is 6.83. The third-order valence-corrected chi connectivity index (χ3v) is 8.47. The van der Waals surface area contributed by atoms with Crippen LogP contribution in [0.5, 0.6) is 0 Å². The first-order valence-corrected chi connectivity index (χ1v) is 21.4. The van der Waals surface area contributed by atoms with Crippen molar-refractivity contribution in [2.24, 2.45) is 0 Å². The molecule has 0 radical (unpaired) electrons. The summed E-state index contributed by atoms with van der Waals surface area (Å²) < 4.78 is 36.1. The molecule has 7 aromatic rings. The van der Waals surface area contributed by atoms with E-state index in [-0.39, 0.29) is 11.3 Å². The molecule has 0 saturated carbocycles. The van der Waals surface area contributed by atoms with Crippen LogP contribution < -0.4 is 10.9 Å². The number of fused-ring (bicyclic) bond motifs is 2. The van der Waals surface area contributed by atoms with E-state index < -0.39 is 29.0 Å². The minimum Gasteiger partial charge on any atom is -0.465 e. The topological polar surface area (TPSA) is 193 Å². The maximum atomic E-state index is 12.3. The molecule has 18 heteroatoms. The van der Waals surface area contributed by atoms with Gasteiger partial charge in [-0.15, -0.1) is 10.2 Å². The number of hydrogen-bond donors (Lipinski definition) is 2. The highest BCUT2D eigenvalue weighted by molar-refractivity contribution is 8.24. The van der Waals surface area contributed by atoms with Gasteiger partial charge in [-0.1, -0.05) is 24.3 Å². The Kier molecular flexibility index (Phi) is 13.8. The van der Waals surface area contributed by atoms with Gasteiger partial charge in [0.15, 0.2) is 11.5 Å². The Bertz CT molecular complexity index is 2600. The van der Waals surface area contributed by atoms with Crippen molar-refractivity contribution >= 4 is 84.6 Å². The zero-order chi connectivity index (χ0) is 42.3. The molecule has 0 unspecified atom stereocenters. The lowest BCUT2D eigenvalue weighted by molar-refractivity contribution is 0.0592. The summed E-state index contributed by atoms with van der Waals surface area (Å²) in [7, 11) is 2.62. The van der Waals surface area contributed by atoms with Gasteiger partial charge in [-0.2, -0.15) is 0 Å². The van der Waals surface area contributed by atoms with Crippen LogP contribution in [0.25, 0.3) is 45.0 Å². The van der Waals surface area contributed by atoms with Crippen LogP contribution in [0.15, 0.2) is 98.2 Å². The van der Waals surface area contributed by atoms with Crippen molar-refractivity contribution in [3.05, 3.63) is 130 Å². The molecule has 2 N–H and O–H groups in total. The van der Waals surface area contributed by atoms with Crippen LogP contribution in [0.2, 0.25) is 0 Å². The number of ether oxygens (including phenoxy) is 2. The molecule has 0 saturated heterocycles. The number of aryl methyl sites for hydroxylation is 4. The molecule has 0 aliphatic rings. The average molecular weight is 868 g/mol. The normalized spacial score (nSPS) is 10.8. The second-order valence-electron chi connectivity index (χ2n) is 12.5. The first-order chi connectivity index (χ1) is 27.5. The molecule has 300 valence electrons. The number of benzene rings is 4. The molecule has 3 heterocycles. The number of nitrogens with zero attached hydrogens (tertiary/aromatic N) is 2. The molecular weight excluding hydrogens is 834 g/mol. The number of hydrogen-bond acceptors (Lipinski definition) is 12. The van der Waals surface area contributed by atoms with Crippen molar-refractivity contribution < 1.29 is 46.5 Å². The number of hydrazine groups is 1. The minimum absolute atomic E-state index is 0.101. The van der Waals surface area contributed by atoms with E-state index in [2.05, 4.69) is 70.3 Å². The summed E-state index contributed by atoms with van der Waals surface area (Å²) in [6.07, 6.45) is 0. The number of carbonyl (C=O) groups excluding carboxylic acids is 4. The van der Waals surface area contributed by atoms with Crippen LogP contribution in [-0.4, -0.2) is 48.2 Å². The lowest BCUT2D eigenvalue weighted by atomic mass is 10.1. The van der Waals surface area contributed by atoms with Crippen LogP contribution in [0.3, 0.4) is 0 Å². The van der Waals surface area contributed by atoms with E-state index in [4.69, 9.17) is 13.3 Å². The highest BCUT2D eigenvalue weighted by Gasteiger charge is 2.18. The number of aromatic nitrogens is 2. The van der Waals surface area contributed by atoms with Gasteiger partial charge in [0.2, 0.25) is 5.89 Å². The van der Waals surface area contributed by atoms with Crippen molar-refractivity contribution in [3.8, 4) is 23.1 Å². The molecule has 14 nitrogen and oxygen atoms in total. The number of halogens is 3. The molecule has 0 aliphatic carbocycles. The fraction of sp³-hybridized carbons (Fsp3) is 0.150. The standard InChI is InChI=1S/C20H18N2O5.C20H16N2O4.Cl3OP/c1-11-4-5-12(2)17-15(11)10-16(27-17)19(24)22-21-18(23)13-6-8-14(9-7-13)20(25)26-3;1-11-4-5-12(2)17-15(11)10-16(25-17)19-22-21-18(26-19)13-6-8-14(9-7-13)20(23)24-3;1-5(2,3)4/h4-10H,1-3H3,(H,21,23)(H,22,24);4-10H,1-3H3;. The Labute approximate surface area is 345 Å². The fourth-order valence-corrected chi connectivity index (χ4v) is 5.43. The number of carbonyl (C=O) groups is 4. The number of rotatable bonds is 6. The first-order valence-electron chi connectivity index (χ1n) is 17.0. The second-order valence-corrected chi connectivity index (χ2v) is 19.1. The van der Waals surface area contributed by atoms with E-state index in [1.54, 1.807) is 30.3 Å². The average Bonchev–Trinajstić information content (AvgIpc) is 3.99. The van der Waals surface area contributed by atoms with Crippen LogP contribution in [-0.2, 0) is 14.0 Å². The fourth-order valence-electron chi connectivity index (χ4n) is 5.43. The predicted molar refractivity (Wildman–Crippen MR) is 219 cm³/mol. The van der Waals surface area contributed by atoms with Gasteiger partial charge >= 0.3 is 23.0 Å². The van der Waals surface area contributed by atoms with E-state index in [0.29, 0.717) is 39.8 Å². The monoisotopic (exact) mass is 866 g/mol. The zero-order valence-corrected chi connectivity index (χ0v) is 34.8. The Morgan fingerprint density at radius 1 is 0.569 bits per heavy atom. The Hall–Kier alpha value is -5.92. The summed E-state index contributed by atoms with van der Waals surface area (Å²) >= 11 is 13.8. The highest BCUT2D eigenvalue weighted by Crippen LogP contribution is 2.61. The molecule has 7 rings (SSSR count). The van der Waals surface area contributed by atoms with E-state index in [9.17, 15) is 23.7 Å². The number of methoxy groups -OCH3 is 2. The van der Waals surface area contributed by atoms with Gasteiger partial charge in [0.05, 0.1) is 25.3 Å². The third-order valence-electron chi connectivity index (χ3n) is 8.47. The summed E-state index contributed by atoms with van der Waals surface area (Å²) in [6.45, 7) is 7.85. The Morgan fingerprint density at radius 3 is 1.50 bits per heavy atom. The number of amides is 2. The lowest BCUT2D eigenvalue weighted by Gasteiger charge is -2.06. The second kappa shape index (κ2) is 18.6. The molecule has 3 aromatic heterocycles. The van der Waals surface area contributed by atoms with Crippen LogP contribution >= 0.6 is 38.9 Å². The van der Waals surface area contributed by atoms with Crippen LogP contribution in [0.1, 0.15) is 63.9 Å². The van der Waals surface area contributed by atoms with Gasteiger partial charge < -0.3 is 22.7 Å². The summed E-state index contributed by atoms with van der Waals surface area (Å²) in [5.41, 5.74) is 12.0. The molecule has 2 amide bonds. The lowest BCUT2D eigenvalue weighted by Crippen LogP contribution is -2.41. The maximum absolute atomic E-state index is 12.3. The van der Waals surface area contributed by atoms with E-state index in [0.717, 1.165) is 38.6 Å². The predicted octanol–water partition coefficient (Wildman–Crippen LogP) is 10.3. The number of furan rings is 2. The summed E-state index contributed by atoms with van der Waals surface area (Å²) in [4.78, 5) is 47.3. The van der Waals surface area contributed by atoms with Gasteiger partial charge in [-0.05, 0) is 144 Å².